The Morgan fingerprint density at radius 3 is 2.80 bits per heavy atom. The molecule has 7 heteroatoms. The summed E-state index contributed by atoms with van der Waals surface area (Å²) >= 11 is 3.41. The molecule has 0 saturated heterocycles. The first kappa shape index (κ1) is 18.9. The number of benzene rings is 1. The van der Waals surface area contributed by atoms with Crippen molar-refractivity contribution in [3.05, 3.63) is 55.8 Å². The molecular formula is C18H18BrN3O3. The van der Waals surface area contributed by atoms with Crippen LogP contribution in [-0.2, 0) is 11.3 Å². The summed E-state index contributed by atoms with van der Waals surface area (Å²) in [4.78, 5) is 16.8. The Hall–Kier alpha value is -2.43. The van der Waals surface area contributed by atoms with E-state index in [1.54, 1.807) is 14.0 Å². The number of nitrogens with zero attached hydrogens (tertiary/aromatic N) is 3. The molecule has 0 fully saturated rings. The van der Waals surface area contributed by atoms with Gasteiger partial charge in [0.15, 0.2) is 0 Å². The van der Waals surface area contributed by atoms with Gasteiger partial charge >= 0.3 is 0 Å². The van der Waals surface area contributed by atoms with Crippen LogP contribution in [0.3, 0.4) is 0 Å². The van der Waals surface area contributed by atoms with Gasteiger partial charge < -0.3 is 9.84 Å². The van der Waals surface area contributed by atoms with Crippen LogP contribution in [0.5, 0.6) is 5.88 Å². The smallest absolute Gasteiger partial charge is 0.271 e. The molecule has 0 spiro atoms. The number of halogens is 1. The van der Waals surface area contributed by atoms with Gasteiger partial charge in [-0.3, -0.25) is 14.4 Å². The molecule has 6 nitrogen and oxygen atoms in total. The van der Waals surface area contributed by atoms with E-state index in [0.717, 1.165) is 4.47 Å². The number of methoxy groups -OCH3 is 1. The van der Waals surface area contributed by atoms with Crippen molar-refractivity contribution in [2.24, 2.45) is 4.99 Å². The molecule has 0 radical (unpaired) electrons. The molecule has 2 rings (SSSR count). The van der Waals surface area contributed by atoms with Gasteiger partial charge in [-0.2, -0.15) is 5.26 Å². The third kappa shape index (κ3) is 4.16. The highest BCUT2D eigenvalue weighted by Gasteiger charge is 2.17. The van der Waals surface area contributed by atoms with Crippen molar-refractivity contribution in [2.45, 2.75) is 19.9 Å². The number of aliphatic imine (C=N–C) groups is 1. The Morgan fingerprint density at radius 1 is 1.44 bits per heavy atom. The van der Waals surface area contributed by atoms with Crippen LogP contribution in [0.15, 0.2) is 38.5 Å². The van der Waals surface area contributed by atoms with Crippen molar-refractivity contribution in [1.82, 2.24) is 4.57 Å². The fourth-order valence-electron chi connectivity index (χ4n) is 2.39. The molecule has 0 unspecified atom stereocenters. The lowest BCUT2D eigenvalue weighted by molar-refractivity contribution is 0.188. The quantitative estimate of drug-likeness (QED) is 0.591. The number of nitriles is 1. The lowest BCUT2D eigenvalue weighted by atomic mass is 10.1. The SMILES string of the molecule is COCCCn1c(O)c(C=Nc2ccccc2Br)c(C)c(C#N)c1=O. The maximum atomic E-state index is 12.4. The molecule has 2 aromatic rings. The Kier molecular flexibility index (Phi) is 6.51. The number of rotatable bonds is 6. The highest BCUT2D eigenvalue weighted by Crippen LogP contribution is 2.26. The van der Waals surface area contributed by atoms with Crippen LogP contribution in [0.4, 0.5) is 5.69 Å². The highest BCUT2D eigenvalue weighted by atomic mass is 79.9. The largest absolute Gasteiger partial charge is 0.494 e. The van der Waals surface area contributed by atoms with Crippen molar-refractivity contribution in [1.29, 1.82) is 5.26 Å². The van der Waals surface area contributed by atoms with Gasteiger partial charge in [-0.25, -0.2) is 0 Å². The topological polar surface area (TPSA) is 87.6 Å². The van der Waals surface area contributed by atoms with E-state index >= 15 is 0 Å². The van der Waals surface area contributed by atoms with Gasteiger partial charge in [0, 0.05) is 30.9 Å². The number of para-hydroxylation sites is 1. The molecular weight excluding hydrogens is 386 g/mol. The minimum atomic E-state index is -0.508. The van der Waals surface area contributed by atoms with Crippen LogP contribution < -0.4 is 5.56 Å². The molecule has 1 aromatic carbocycles. The van der Waals surface area contributed by atoms with Crippen LogP contribution in [0.25, 0.3) is 0 Å². The minimum absolute atomic E-state index is 0.00351. The van der Waals surface area contributed by atoms with E-state index in [1.165, 1.54) is 10.8 Å². The van der Waals surface area contributed by atoms with Crippen molar-refractivity contribution in [3.8, 4) is 11.9 Å². The van der Waals surface area contributed by atoms with Gasteiger partial charge in [-0.1, -0.05) is 12.1 Å². The number of aromatic hydroxyl groups is 1. The first-order valence-electron chi connectivity index (χ1n) is 7.65. The number of hydrogen-bond acceptors (Lipinski definition) is 5. The zero-order valence-electron chi connectivity index (χ0n) is 14.0. The summed E-state index contributed by atoms with van der Waals surface area (Å²) in [6.45, 7) is 2.33. The van der Waals surface area contributed by atoms with E-state index in [4.69, 9.17) is 4.74 Å². The van der Waals surface area contributed by atoms with Crippen molar-refractivity contribution in [2.75, 3.05) is 13.7 Å². The number of aromatic nitrogens is 1. The predicted molar refractivity (Wildman–Crippen MR) is 99.7 cm³/mol. The number of ether oxygens (including phenoxy) is 1. The summed E-state index contributed by atoms with van der Waals surface area (Å²) in [6.07, 6.45) is 2.01. The molecule has 0 aliphatic carbocycles. The van der Waals surface area contributed by atoms with Crippen molar-refractivity contribution < 1.29 is 9.84 Å². The summed E-state index contributed by atoms with van der Waals surface area (Å²) in [5, 5.41) is 19.8. The van der Waals surface area contributed by atoms with E-state index in [9.17, 15) is 15.2 Å². The fraction of sp³-hybridized carbons (Fsp3) is 0.278. The second-order valence-corrected chi connectivity index (χ2v) is 6.22. The van der Waals surface area contributed by atoms with E-state index in [-0.39, 0.29) is 18.0 Å². The van der Waals surface area contributed by atoms with Crippen LogP contribution in [0.1, 0.15) is 23.1 Å². The zero-order chi connectivity index (χ0) is 18.4. The highest BCUT2D eigenvalue weighted by molar-refractivity contribution is 9.10. The molecule has 0 aliphatic heterocycles. The Bertz CT molecular complexity index is 898. The van der Waals surface area contributed by atoms with Crippen LogP contribution in [0.2, 0.25) is 0 Å². The summed E-state index contributed by atoms with van der Waals surface area (Å²) in [5.74, 6) is -0.201. The molecule has 1 heterocycles. The average molecular weight is 404 g/mol. The maximum Gasteiger partial charge on any atom is 0.271 e. The van der Waals surface area contributed by atoms with Crippen molar-refractivity contribution in [3.63, 3.8) is 0 Å². The molecule has 1 aromatic heterocycles. The first-order valence-corrected chi connectivity index (χ1v) is 8.44. The monoisotopic (exact) mass is 403 g/mol. The molecule has 1 N–H and O–H groups in total. The lowest BCUT2D eigenvalue weighted by Gasteiger charge is -2.13. The molecule has 0 atom stereocenters. The third-order valence-corrected chi connectivity index (χ3v) is 4.43. The van der Waals surface area contributed by atoms with Gasteiger partial charge in [0.25, 0.3) is 5.56 Å². The second-order valence-electron chi connectivity index (χ2n) is 5.36. The summed E-state index contributed by atoms with van der Waals surface area (Å²) in [7, 11) is 1.56. The van der Waals surface area contributed by atoms with Crippen LogP contribution >= 0.6 is 15.9 Å². The van der Waals surface area contributed by atoms with Gasteiger partial charge in [0.1, 0.15) is 11.6 Å². The number of pyridine rings is 1. The van der Waals surface area contributed by atoms with E-state index in [1.807, 2.05) is 30.3 Å². The first-order chi connectivity index (χ1) is 12.0. The summed E-state index contributed by atoms with van der Waals surface area (Å²) in [6, 6.07) is 9.30. The van der Waals surface area contributed by atoms with Gasteiger partial charge in [0.2, 0.25) is 5.88 Å². The fourth-order valence-corrected chi connectivity index (χ4v) is 2.78. The Balaban J connectivity index is 2.53. The molecule has 0 aliphatic rings. The zero-order valence-corrected chi connectivity index (χ0v) is 15.6. The standard InChI is InChI=1S/C18H18BrN3O3/c1-12-13(10-20)17(23)22(8-5-9-25-2)18(24)14(12)11-21-16-7-4-3-6-15(16)19/h3-4,6-7,11,24H,5,8-9H2,1-2H3. The van der Waals surface area contributed by atoms with Gasteiger partial charge in [-0.05, 0) is 47.0 Å². The molecule has 0 saturated carbocycles. The van der Waals surface area contributed by atoms with E-state index in [0.29, 0.717) is 29.8 Å². The lowest BCUT2D eigenvalue weighted by Crippen LogP contribution is -2.26. The summed E-state index contributed by atoms with van der Waals surface area (Å²) < 4.78 is 6.97. The van der Waals surface area contributed by atoms with Gasteiger partial charge in [-0.15, -0.1) is 0 Å². The Labute approximate surface area is 154 Å². The van der Waals surface area contributed by atoms with Crippen LogP contribution in [0, 0.1) is 18.3 Å². The minimum Gasteiger partial charge on any atom is -0.494 e. The predicted octanol–water partition coefficient (Wildman–Crippen LogP) is 3.28. The number of hydrogen-bond donors (Lipinski definition) is 1. The van der Waals surface area contributed by atoms with Crippen LogP contribution in [-0.4, -0.2) is 29.6 Å². The maximum absolute atomic E-state index is 12.4. The second kappa shape index (κ2) is 8.60. The third-order valence-electron chi connectivity index (χ3n) is 3.76. The molecule has 25 heavy (non-hydrogen) atoms. The summed E-state index contributed by atoms with van der Waals surface area (Å²) in [5.41, 5.74) is 0.931. The normalized spacial score (nSPS) is 11.0. The molecule has 0 bridgehead atoms. The molecule has 130 valence electrons. The average Bonchev–Trinajstić information content (AvgIpc) is 2.59. The molecule has 0 amide bonds. The Morgan fingerprint density at radius 2 is 2.16 bits per heavy atom. The van der Waals surface area contributed by atoms with Gasteiger partial charge in [0.05, 0.1) is 11.3 Å². The van der Waals surface area contributed by atoms with Crippen molar-refractivity contribution >= 4 is 27.8 Å². The van der Waals surface area contributed by atoms with E-state index in [2.05, 4.69) is 20.9 Å². The van der Waals surface area contributed by atoms with E-state index < -0.39 is 5.56 Å².